The van der Waals surface area contributed by atoms with Crippen molar-refractivity contribution in [3.8, 4) is 0 Å². The second kappa shape index (κ2) is 7.68. The Balaban J connectivity index is 5.31. The van der Waals surface area contributed by atoms with Gasteiger partial charge in [-0.15, -0.1) is 0 Å². The van der Waals surface area contributed by atoms with Crippen molar-refractivity contribution in [2.24, 2.45) is 5.73 Å². The lowest BCUT2D eigenvalue weighted by atomic mass is 10.1. The first-order valence-electron chi connectivity index (χ1n) is 5.94. The maximum absolute atomic E-state index is 12.6. The van der Waals surface area contributed by atoms with E-state index in [1.165, 1.54) is 0 Å². The number of primary amides is 1. The Labute approximate surface area is 138 Å². The summed E-state index contributed by atoms with van der Waals surface area (Å²) in [5.41, 5.74) is 4.81. The second-order valence-corrected chi connectivity index (χ2v) is 8.83. The van der Waals surface area contributed by atoms with E-state index >= 15 is 0 Å². The van der Waals surface area contributed by atoms with Crippen LogP contribution in [0.25, 0.3) is 0 Å². The molecule has 0 aliphatic heterocycles. The molecule has 0 saturated heterocycles. The molecule has 0 heterocycles. The highest BCUT2D eigenvalue weighted by atomic mass is 35.5. The first kappa shape index (κ1) is 22.6. The number of halogens is 7. The Morgan fingerprint density at radius 1 is 1.17 bits per heavy atom. The Hall–Kier alpha value is -0.360. The fourth-order valence-corrected chi connectivity index (χ4v) is 4.10. The van der Waals surface area contributed by atoms with Crippen LogP contribution < -0.4 is 5.73 Å². The standard InChI is InChI=1S/C10H14ClF6NO3S2/c1-22-6(10(15,16)17)2-3-8(11,7(18)19)23(20,21)5-4-9(12,13)14/h6H,2-5H2,1H3,(H2,18,19). The van der Waals surface area contributed by atoms with Gasteiger partial charge in [0.2, 0.25) is 4.21 Å². The van der Waals surface area contributed by atoms with Crippen molar-refractivity contribution in [1.29, 1.82) is 0 Å². The number of carbonyl (C=O) groups is 1. The van der Waals surface area contributed by atoms with Crippen LogP contribution >= 0.6 is 23.4 Å². The van der Waals surface area contributed by atoms with Gasteiger partial charge in [0.15, 0.2) is 9.84 Å². The molecule has 0 aromatic rings. The minimum absolute atomic E-state index is 0.347. The summed E-state index contributed by atoms with van der Waals surface area (Å²) in [5.74, 6) is -3.25. The van der Waals surface area contributed by atoms with Gasteiger partial charge in [0.1, 0.15) is 5.25 Å². The fraction of sp³-hybridized carbons (Fsp3) is 0.900. The van der Waals surface area contributed by atoms with Crippen LogP contribution in [-0.4, -0.2) is 48.1 Å². The van der Waals surface area contributed by atoms with Crippen LogP contribution in [0.3, 0.4) is 0 Å². The number of carbonyl (C=O) groups excluding carboxylic acids is 1. The molecule has 0 spiro atoms. The molecule has 0 aliphatic carbocycles. The third kappa shape index (κ3) is 6.57. The summed E-state index contributed by atoms with van der Waals surface area (Å²) in [4.78, 5) is 11.3. The van der Waals surface area contributed by atoms with Crippen molar-refractivity contribution in [2.45, 2.75) is 41.1 Å². The molecule has 4 nitrogen and oxygen atoms in total. The number of amides is 1. The van der Waals surface area contributed by atoms with Gasteiger partial charge in [0.05, 0.1) is 12.2 Å². The molecule has 2 unspecified atom stereocenters. The van der Waals surface area contributed by atoms with Crippen LogP contribution in [0.5, 0.6) is 0 Å². The van der Waals surface area contributed by atoms with Gasteiger partial charge in [-0.05, 0) is 19.1 Å². The van der Waals surface area contributed by atoms with Gasteiger partial charge >= 0.3 is 12.4 Å². The van der Waals surface area contributed by atoms with Gasteiger partial charge in [-0.25, -0.2) is 8.42 Å². The Morgan fingerprint density at radius 3 is 1.96 bits per heavy atom. The van der Waals surface area contributed by atoms with E-state index in [9.17, 15) is 39.6 Å². The van der Waals surface area contributed by atoms with E-state index in [-0.39, 0.29) is 0 Å². The van der Waals surface area contributed by atoms with E-state index < -0.39 is 62.6 Å². The molecule has 0 saturated carbocycles. The molecule has 138 valence electrons. The molecule has 23 heavy (non-hydrogen) atoms. The lowest BCUT2D eigenvalue weighted by Crippen LogP contribution is -2.48. The average Bonchev–Trinajstić information content (AvgIpc) is 2.34. The van der Waals surface area contributed by atoms with Gasteiger partial charge in [0, 0.05) is 0 Å². The Morgan fingerprint density at radius 2 is 1.65 bits per heavy atom. The lowest BCUT2D eigenvalue weighted by Gasteiger charge is -2.26. The number of sulfone groups is 1. The molecule has 0 aromatic heterocycles. The maximum atomic E-state index is 12.6. The number of nitrogens with two attached hydrogens (primary N) is 1. The first-order valence-corrected chi connectivity index (χ1v) is 9.26. The van der Waals surface area contributed by atoms with Crippen LogP contribution in [0.2, 0.25) is 0 Å². The summed E-state index contributed by atoms with van der Waals surface area (Å²) in [6.45, 7) is 0. The first-order chi connectivity index (χ1) is 10.1. The van der Waals surface area contributed by atoms with Gasteiger partial charge in [-0.3, -0.25) is 4.79 Å². The maximum Gasteiger partial charge on any atom is 0.400 e. The van der Waals surface area contributed by atoms with E-state index in [0.717, 1.165) is 6.26 Å². The Bertz CT molecular complexity index is 522. The molecule has 0 aliphatic rings. The van der Waals surface area contributed by atoms with E-state index in [0.29, 0.717) is 11.8 Å². The van der Waals surface area contributed by atoms with Gasteiger partial charge in [-0.1, -0.05) is 11.6 Å². The van der Waals surface area contributed by atoms with Gasteiger partial charge in [-0.2, -0.15) is 38.1 Å². The summed E-state index contributed by atoms with van der Waals surface area (Å²) >= 11 is 5.89. The number of alkyl halides is 7. The molecule has 13 heteroatoms. The summed E-state index contributed by atoms with van der Waals surface area (Å²) in [7, 11) is -4.91. The zero-order valence-corrected chi connectivity index (χ0v) is 14.1. The van der Waals surface area contributed by atoms with E-state index in [2.05, 4.69) is 0 Å². The van der Waals surface area contributed by atoms with Crippen molar-refractivity contribution >= 4 is 39.1 Å². The summed E-state index contributed by atoms with van der Waals surface area (Å²) in [6.07, 6.45) is -12.1. The SMILES string of the molecule is CSC(CCC(Cl)(C(N)=O)S(=O)(=O)CCC(F)(F)F)C(F)(F)F. The molecule has 0 radical (unpaired) electrons. The molecule has 0 aromatic carbocycles. The van der Waals surface area contributed by atoms with Crippen molar-refractivity contribution in [3.05, 3.63) is 0 Å². The van der Waals surface area contributed by atoms with Gasteiger partial charge < -0.3 is 5.73 Å². The molecule has 0 fully saturated rings. The number of hydrogen-bond donors (Lipinski definition) is 1. The predicted octanol–water partition coefficient (Wildman–Crippen LogP) is 2.85. The number of thioether (sulfide) groups is 1. The minimum Gasteiger partial charge on any atom is -0.367 e. The van der Waals surface area contributed by atoms with Crippen molar-refractivity contribution in [2.75, 3.05) is 12.0 Å². The van der Waals surface area contributed by atoms with Crippen molar-refractivity contribution in [3.63, 3.8) is 0 Å². The zero-order valence-electron chi connectivity index (χ0n) is 11.7. The van der Waals surface area contributed by atoms with Crippen LogP contribution in [0.15, 0.2) is 0 Å². The molecule has 2 atom stereocenters. The Kier molecular flexibility index (Phi) is 7.56. The van der Waals surface area contributed by atoms with E-state index in [1.807, 2.05) is 0 Å². The summed E-state index contributed by atoms with van der Waals surface area (Å²) in [5, 5.41) is -2.03. The summed E-state index contributed by atoms with van der Waals surface area (Å²) in [6, 6.07) is 0. The number of rotatable bonds is 8. The predicted molar refractivity (Wildman–Crippen MR) is 74.8 cm³/mol. The largest absolute Gasteiger partial charge is 0.400 e. The van der Waals surface area contributed by atoms with E-state index in [4.69, 9.17) is 17.3 Å². The smallest absolute Gasteiger partial charge is 0.367 e. The van der Waals surface area contributed by atoms with Crippen LogP contribution in [-0.2, 0) is 14.6 Å². The monoisotopic (exact) mass is 409 g/mol. The number of hydrogen-bond acceptors (Lipinski definition) is 4. The average molecular weight is 410 g/mol. The third-order valence-corrected chi connectivity index (χ3v) is 7.18. The lowest BCUT2D eigenvalue weighted by molar-refractivity contribution is -0.131. The second-order valence-electron chi connectivity index (χ2n) is 4.58. The van der Waals surface area contributed by atoms with Crippen LogP contribution in [0.1, 0.15) is 19.3 Å². The molecule has 2 N–H and O–H groups in total. The highest BCUT2D eigenvalue weighted by molar-refractivity contribution is 7.99. The quantitative estimate of drug-likeness (QED) is 0.494. The van der Waals surface area contributed by atoms with Crippen molar-refractivity contribution < 1.29 is 39.6 Å². The highest BCUT2D eigenvalue weighted by Gasteiger charge is 2.50. The van der Waals surface area contributed by atoms with Crippen LogP contribution in [0, 0.1) is 0 Å². The summed E-state index contributed by atoms with van der Waals surface area (Å²) < 4.78 is 95.0. The minimum atomic E-state index is -4.91. The molecule has 0 bridgehead atoms. The van der Waals surface area contributed by atoms with Crippen LogP contribution in [0.4, 0.5) is 26.3 Å². The normalized spacial score (nSPS) is 17.6. The molecular formula is C10H14ClF6NO3S2. The fourth-order valence-electron chi connectivity index (χ4n) is 1.58. The van der Waals surface area contributed by atoms with Gasteiger partial charge in [0.25, 0.3) is 5.91 Å². The topological polar surface area (TPSA) is 77.2 Å². The van der Waals surface area contributed by atoms with E-state index in [1.54, 1.807) is 0 Å². The molecule has 1 amide bonds. The molecule has 0 rings (SSSR count). The zero-order chi connectivity index (χ0) is 18.7. The third-order valence-electron chi connectivity index (χ3n) is 2.89. The van der Waals surface area contributed by atoms with Crippen molar-refractivity contribution in [1.82, 2.24) is 0 Å². The highest BCUT2D eigenvalue weighted by Crippen LogP contribution is 2.38. The molecular weight excluding hydrogens is 396 g/mol.